The third-order valence-electron chi connectivity index (χ3n) is 2.08. The highest BCUT2D eigenvalue weighted by Gasteiger charge is 2.14. The van der Waals surface area contributed by atoms with Gasteiger partial charge >= 0.3 is 11.7 Å². The Balaban J connectivity index is 3.15. The fourth-order valence-electron chi connectivity index (χ4n) is 1.34. The largest absolute Gasteiger partial charge is 0.465 e. The second kappa shape index (κ2) is 5.81. The quantitative estimate of drug-likeness (QED) is 0.734. The van der Waals surface area contributed by atoms with Crippen LogP contribution in [0.15, 0.2) is 9.79 Å². The summed E-state index contributed by atoms with van der Waals surface area (Å²) in [5.74, 6) is -0.423. The average molecular weight is 259 g/mol. The van der Waals surface area contributed by atoms with Gasteiger partial charge in [0.25, 0.3) is 0 Å². The number of ether oxygens (including phenoxy) is 1. The lowest BCUT2D eigenvalue weighted by atomic mass is 10.4. The number of carbonyl (C=O) groups is 1. The predicted octanol–water partition coefficient (Wildman–Crippen LogP) is 0.386. The molecule has 6 nitrogen and oxygen atoms in total. The van der Waals surface area contributed by atoms with Crippen LogP contribution in [-0.2, 0) is 16.1 Å². The summed E-state index contributed by atoms with van der Waals surface area (Å²) in [6.45, 7) is 5.77. The molecule has 1 aromatic heterocycles. The van der Waals surface area contributed by atoms with E-state index in [1.54, 1.807) is 17.9 Å². The molecule has 0 saturated heterocycles. The van der Waals surface area contributed by atoms with Crippen LogP contribution in [0.3, 0.4) is 0 Å². The Bertz CT molecular complexity index is 510. The van der Waals surface area contributed by atoms with Gasteiger partial charge in [-0.3, -0.25) is 14.4 Å². The summed E-state index contributed by atoms with van der Waals surface area (Å²) in [6.07, 6.45) is 0. The second-order valence-electron chi connectivity index (χ2n) is 3.69. The molecular weight excluding hydrogens is 242 g/mol. The normalized spacial score (nSPS) is 12.2. The number of esters is 1. The third kappa shape index (κ3) is 3.06. The zero-order valence-electron chi connectivity index (χ0n) is 10.5. The Morgan fingerprint density at radius 1 is 1.53 bits per heavy atom. The Labute approximate surface area is 103 Å². The first-order chi connectivity index (χ1) is 8.01. The van der Waals surface area contributed by atoms with E-state index >= 15 is 0 Å². The van der Waals surface area contributed by atoms with E-state index in [-0.39, 0.29) is 18.3 Å². The first kappa shape index (κ1) is 13.7. The van der Waals surface area contributed by atoms with Crippen molar-refractivity contribution in [1.29, 1.82) is 0 Å². The molecule has 0 aliphatic rings. The Hall–Kier alpha value is -1.37. The van der Waals surface area contributed by atoms with Gasteiger partial charge in [-0.25, -0.2) is 8.75 Å². The number of rotatable bonds is 4. The molecule has 0 aromatic carbocycles. The lowest BCUT2D eigenvalue weighted by molar-refractivity contribution is -0.143. The molecule has 17 heavy (non-hydrogen) atoms. The molecule has 0 amide bonds. The van der Waals surface area contributed by atoms with Crippen LogP contribution >= 0.6 is 11.5 Å². The fourth-order valence-corrected chi connectivity index (χ4v) is 2.22. The predicted molar refractivity (Wildman–Crippen MR) is 65.1 cm³/mol. The first-order valence-electron chi connectivity index (χ1n) is 5.42. The van der Waals surface area contributed by atoms with E-state index in [9.17, 15) is 9.59 Å². The standard InChI is InChI=1S/C10H17N3O3S/c1-5-16-8(14)6-12-9(11-4)17-13(7(2)3)10(12)15/h7H,5-6H2,1-4H3. The maximum absolute atomic E-state index is 12.0. The van der Waals surface area contributed by atoms with Gasteiger partial charge in [-0.05, 0) is 32.3 Å². The van der Waals surface area contributed by atoms with Crippen LogP contribution in [0.2, 0.25) is 0 Å². The summed E-state index contributed by atoms with van der Waals surface area (Å²) in [6, 6.07) is 0.0523. The van der Waals surface area contributed by atoms with Gasteiger partial charge in [-0.2, -0.15) is 0 Å². The van der Waals surface area contributed by atoms with Gasteiger partial charge in [0.05, 0.1) is 6.61 Å². The van der Waals surface area contributed by atoms with E-state index in [0.717, 1.165) is 0 Å². The van der Waals surface area contributed by atoms with Crippen molar-refractivity contribution >= 4 is 17.5 Å². The molecule has 0 bridgehead atoms. The number of hydrogen-bond acceptors (Lipinski definition) is 5. The first-order valence-corrected chi connectivity index (χ1v) is 6.19. The van der Waals surface area contributed by atoms with E-state index < -0.39 is 5.97 Å². The third-order valence-corrected chi connectivity index (χ3v) is 3.42. The lowest BCUT2D eigenvalue weighted by Crippen LogP contribution is -2.33. The van der Waals surface area contributed by atoms with Gasteiger partial charge in [0.2, 0.25) is 4.80 Å². The van der Waals surface area contributed by atoms with Gasteiger partial charge < -0.3 is 4.74 Å². The van der Waals surface area contributed by atoms with Gasteiger partial charge in [-0.1, -0.05) is 0 Å². The summed E-state index contributed by atoms with van der Waals surface area (Å²) in [4.78, 5) is 27.9. The van der Waals surface area contributed by atoms with Crippen LogP contribution in [0, 0.1) is 0 Å². The van der Waals surface area contributed by atoms with Crippen molar-refractivity contribution in [1.82, 2.24) is 8.52 Å². The number of aromatic nitrogens is 2. The monoisotopic (exact) mass is 259 g/mol. The van der Waals surface area contributed by atoms with Crippen LogP contribution in [0.1, 0.15) is 26.8 Å². The second-order valence-corrected chi connectivity index (χ2v) is 4.63. The molecule has 1 heterocycles. The van der Waals surface area contributed by atoms with Crippen molar-refractivity contribution in [3.8, 4) is 0 Å². The minimum atomic E-state index is -0.423. The van der Waals surface area contributed by atoms with Crippen LogP contribution in [0.25, 0.3) is 0 Å². The number of nitrogens with zero attached hydrogens (tertiary/aromatic N) is 3. The molecule has 0 N–H and O–H groups in total. The minimum Gasteiger partial charge on any atom is -0.465 e. The fraction of sp³-hybridized carbons (Fsp3) is 0.700. The van der Waals surface area contributed by atoms with E-state index in [1.165, 1.54) is 16.1 Å². The average Bonchev–Trinajstić information content (AvgIpc) is 2.57. The highest BCUT2D eigenvalue weighted by Crippen LogP contribution is 2.01. The van der Waals surface area contributed by atoms with E-state index in [4.69, 9.17) is 4.74 Å². The number of hydrogen-bond donors (Lipinski definition) is 0. The van der Waals surface area contributed by atoms with Crippen LogP contribution in [0.5, 0.6) is 0 Å². The summed E-state index contributed by atoms with van der Waals surface area (Å²) in [7, 11) is 1.59. The van der Waals surface area contributed by atoms with Gasteiger partial charge in [0, 0.05) is 13.1 Å². The summed E-state index contributed by atoms with van der Waals surface area (Å²) < 4.78 is 7.75. The molecule has 0 fully saturated rings. The summed E-state index contributed by atoms with van der Waals surface area (Å²) >= 11 is 1.25. The molecule has 0 atom stereocenters. The van der Waals surface area contributed by atoms with Crippen LogP contribution < -0.4 is 10.5 Å². The van der Waals surface area contributed by atoms with Crippen molar-refractivity contribution < 1.29 is 9.53 Å². The summed E-state index contributed by atoms with van der Waals surface area (Å²) in [5.41, 5.74) is -0.223. The van der Waals surface area contributed by atoms with E-state index in [0.29, 0.717) is 11.4 Å². The van der Waals surface area contributed by atoms with Crippen molar-refractivity contribution in [2.24, 2.45) is 4.99 Å². The number of carbonyl (C=O) groups excluding carboxylic acids is 1. The van der Waals surface area contributed by atoms with E-state index in [2.05, 4.69) is 4.99 Å². The Morgan fingerprint density at radius 3 is 2.65 bits per heavy atom. The summed E-state index contributed by atoms with van der Waals surface area (Å²) in [5, 5.41) is 0. The molecule has 0 radical (unpaired) electrons. The molecule has 96 valence electrons. The van der Waals surface area contributed by atoms with Gasteiger partial charge in [0.15, 0.2) is 0 Å². The SMILES string of the molecule is CCOC(=O)Cn1c(=NC)sn(C(C)C)c1=O. The van der Waals surface area contributed by atoms with Crippen molar-refractivity contribution in [2.45, 2.75) is 33.4 Å². The van der Waals surface area contributed by atoms with Crippen LogP contribution in [-0.4, -0.2) is 28.1 Å². The van der Waals surface area contributed by atoms with Gasteiger partial charge in [-0.15, -0.1) is 0 Å². The molecular formula is C10H17N3O3S. The molecule has 7 heteroatoms. The minimum absolute atomic E-state index is 0.0523. The lowest BCUT2D eigenvalue weighted by Gasteiger charge is -2.03. The Morgan fingerprint density at radius 2 is 2.18 bits per heavy atom. The van der Waals surface area contributed by atoms with Gasteiger partial charge in [0.1, 0.15) is 6.54 Å². The maximum Gasteiger partial charge on any atom is 0.340 e. The smallest absolute Gasteiger partial charge is 0.340 e. The molecule has 0 aliphatic heterocycles. The van der Waals surface area contributed by atoms with E-state index in [1.807, 2.05) is 13.8 Å². The zero-order chi connectivity index (χ0) is 13.0. The van der Waals surface area contributed by atoms with Crippen molar-refractivity contribution in [3.05, 3.63) is 15.3 Å². The molecule has 0 spiro atoms. The van der Waals surface area contributed by atoms with Crippen molar-refractivity contribution in [2.75, 3.05) is 13.7 Å². The molecule has 1 rings (SSSR count). The zero-order valence-corrected chi connectivity index (χ0v) is 11.3. The topological polar surface area (TPSA) is 65.6 Å². The van der Waals surface area contributed by atoms with Crippen molar-refractivity contribution in [3.63, 3.8) is 0 Å². The highest BCUT2D eigenvalue weighted by molar-refractivity contribution is 7.03. The molecule has 1 aromatic rings. The Kier molecular flexibility index (Phi) is 4.68. The van der Waals surface area contributed by atoms with Crippen LogP contribution in [0.4, 0.5) is 0 Å². The maximum atomic E-state index is 12.0. The molecule has 0 saturated carbocycles. The molecule has 0 aliphatic carbocycles. The molecule has 0 unspecified atom stereocenters. The highest BCUT2D eigenvalue weighted by atomic mass is 32.1.